The van der Waals surface area contributed by atoms with Crippen LogP contribution < -0.4 is 0 Å². The molecule has 2 rings (SSSR count). The average molecular weight is 334 g/mol. The van der Waals surface area contributed by atoms with Crippen LogP contribution in [0.3, 0.4) is 0 Å². The quantitative estimate of drug-likeness (QED) is 0.863. The third-order valence-electron chi connectivity index (χ3n) is 2.77. The highest BCUT2D eigenvalue weighted by molar-refractivity contribution is 7.89. The monoisotopic (exact) mass is 333 g/mol. The zero-order valence-electron chi connectivity index (χ0n) is 10.9. The molecule has 0 saturated heterocycles. The lowest BCUT2D eigenvalue weighted by atomic mass is 10.4. The molecule has 0 aliphatic carbocycles. The molecule has 1 aromatic carbocycles. The molecule has 0 N–H and O–H groups in total. The fraction of sp³-hybridized carbons (Fsp3) is 0.250. The van der Waals surface area contributed by atoms with E-state index in [4.69, 9.17) is 23.2 Å². The Labute approximate surface area is 127 Å². The van der Waals surface area contributed by atoms with Gasteiger partial charge in [0.05, 0.1) is 16.2 Å². The molecule has 0 fully saturated rings. The van der Waals surface area contributed by atoms with E-state index in [1.165, 1.54) is 17.4 Å². The summed E-state index contributed by atoms with van der Waals surface area (Å²) in [6.07, 6.45) is 3.37. The van der Waals surface area contributed by atoms with Gasteiger partial charge < -0.3 is 0 Å². The van der Waals surface area contributed by atoms with Crippen molar-refractivity contribution in [3.05, 3.63) is 46.2 Å². The molecule has 2 aromatic rings. The predicted octanol–water partition coefficient (Wildman–Crippen LogP) is 2.55. The van der Waals surface area contributed by atoms with Gasteiger partial charge >= 0.3 is 0 Å². The number of hydrogen-bond acceptors (Lipinski definition) is 3. The smallest absolute Gasteiger partial charge is 0.244 e. The van der Waals surface area contributed by atoms with E-state index in [2.05, 4.69) is 5.10 Å². The maximum atomic E-state index is 12.5. The maximum Gasteiger partial charge on any atom is 0.244 e. The molecule has 0 aliphatic heterocycles. The minimum Gasteiger partial charge on any atom is -0.275 e. The van der Waals surface area contributed by atoms with Crippen molar-refractivity contribution >= 4 is 33.2 Å². The number of benzene rings is 1. The first-order valence-electron chi connectivity index (χ1n) is 5.70. The fourth-order valence-corrected chi connectivity index (χ4v) is 3.64. The van der Waals surface area contributed by atoms with Crippen LogP contribution in [0.5, 0.6) is 0 Å². The fourth-order valence-electron chi connectivity index (χ4n) is 1.75. The minimum absolute atomic E-state index is 0.00180. The molecule has 1 aromatic heterocycles. The first-order chi connectivity index (χ1) is 9.32. The summed E-state index contributed by atoms with van der Waals surface area (Å²) in [5.74, 6) is 0. The summed E-state index contributed by atoms with van der Waals surface area (Å²) in [6.45, 7) is 0.207. The van der Waals surface area contributed by atoms with E-state index in [9.17, 15) is 8.42 Å². The number of nitrogens with zero attached hydrogens (tertiary/aromatic N) is 3. The van der Waals surface area contributed by atoms with E-state index in [1.807, 2.05) is 0 Å². The van der Waals surface area contributed by atoms with Crippen molar-refractivity contribution in [2.45, 2.75) is 11.4 Å². The van der Waals surface area contributed by atoms with Crippen LogP contribution in [0.25, 0.3) is 0 Å². The molecule has 0 atom stereocenters. The molecule has 1 heterocycles. The van der Waals surface area contributed by atoms with Gasteiger partial charge in [-0.25, -0.2) is 8.42 Å². The average Bonchev–Trinajstić information content (AvgIpc) is 2.78. The van der Waals surface area contributed by atoms with Crippen LogP contribution in [0.2, 0.25) is 10.0 Å². The van der Waals surface area contributed by atoms with Gasteiger partial charge in [0.25, 0.3) is 0 Å². The molecule has 0 spiro atoms. The normalized spacial score (nSPS) is 12.1. The van der Waals surface area contributed by atoms with Gasteiger partial charge in [0, 0.05) is 32.4 Å². The van der Waals surface area contributed by atoms with Gasteiger partial charge in [-0.3, -0.25) is 4.68 Å². The molecule has 0 radical (unpaired) electrons. The van der Waals surface area contributed by atoms with Crippen molar-refractivity contribution in [3.8, 4) is 0 Å². The number of sulfonamides is 1. The number of halogens is 2. The van der Waals surface area contributed by atoms with Gasteiger partial charge in [-0.1, -0.05) is 29.3 Å². The van der Waals surface area contributed by atoms with Gasteiger partial charge in [0.1, 0.15) is 4.90 Å². The number of hydrogen-bond donors (Lipinski definition) is 0. The Balaban J connectivity index is 2.32. The number of aryl methyl sites for hydroxylation is 1. The summed E-state index contributed by atoms with van der Waals surface area (Å²) in [5.41, 5.74) is 0.789. The summed E-state index contributed by atoms with van der Waals surface area (Å²) in [7, 11) is -0.446. The van der Waals surface area contributed by atoms with Crippen molar-refractivity contribution in [2.75, 3.05) is 7.05 Å². The van der Waals surface area contributed by atoms with Gasteiger partial charge in [0.2, 0.25) is 10.0 Å². The van der Waals surface area contributed by atoms with Crippen LogP contribution in [0.4, 0.5) is 0 Å². The highest BCUT2D eigenvalue weighted by Gasteiger charge is 2.24. The third-order valence-corrected chi connectivity index (χ3v) is 5.54. The summed E-state index contributed by atoms with van der Waals surface area (Å²) < 4.78 is 27.8. The van der Waals surface area contributed by atoms with Crippen LogP contribution in [0.1, 0.15) is 5.56 Å². The highest BCUT2D eigenvalue weighted by atomic mass is 35.5. The van der Waals surface area contributed by atoms with E-state index in [0.29, 0.717) is 0 Å². The zero-order chi connectivity index (χ0) is 14.9. The Morgan fingerprint density at radius 1 is 1.35 bits per heavy atom. The standard InChI is InChI=1S/C12H13Cl2N3O2S/c1-16-7-9(6-15-16)8-17(2)20(18,19)11-5-3-4-10(13)12(11)14/h3-7H,8H2,1-2H3. The third kappa shape index (κ3) is 2.98. The van der Waals surface area contributed by atoms with Crippen LogP contribution in [-0.4, -0.2) is 29.6 Å². The summed E-state index contributed by atoms with van der Waals surface area (Å²) in [5, 5.41) is 4.25. The summed E-state index contributed by atoms with van der Waals surface area (Å²) >= 11 is 11.8. The Morgan fingerprint density at radius 3 is 2.65 bits per heavy atom. The van der Waals surface area contributed by atoms with Gasteiger partial charge in [0.15, 0.2) is 0 Å². The lowest BCUT2D eigenvalue weighted by Crippen LogP contribution is -2.26. The van der Waals surface area contributed by atoms with E-state index in [1.54, 1.807) is 36.3 Å². The predicted molar refractivity (Wildman–Crippen MR) is 78.3 cm³/mol. The van der Waals surface area contributed by atoms with Crippen molar-refractivity contribution in [2.24, 2.45) is 7.05 Å². The van der Waals surface area contributed by atoms with Crippen LogP contribution in [-0.2, 0) is 23.6 Å². The molecule has 0 unspecified atom stereocenters. The molecule has 20 heavy (non-hydrogen) atoms. The molecule has 0 bridgehead atoms. The van der Waals surface area contributed by atoms with E-state index in [0.717, 1.165) is 5.56 Å². The van der Waals surface area contributed by atoms with Gasteiger partial charge in [-0.05, 0) is 12.1 Å². The lowest BCUT2D eigenvalue weighted by molar-refractivity contribution is 0.466. The second-order valence-electron chi connectivity index (χ2n) is 4.34. The van der Waals surface area contributed by atoms with Crippen LogP contribution >= 0.6 is 23.2 Å². The van der Waals surface area contributed by atoms with E-state index >= 15 is 0 Å². The Kier molecular flexibility index (Phi) is 4.39. The van der Waals surface area contributed by atoms with E-state index in [-0.39, 0.29) is 21.5 Å². The van der Waals surface area contributed by atoms with Crippen molar-refractivity contribution < 1.29 is 8.42 Å². The molecule has 8 heteroatoms. The van der Waals surface area contributed by atoms with Gasteiger partial charge in [-0.2, -0.15) is 9.40 Å². The Morgan fingerprint density at radius 2 is 2.05 bits per heavy atom. The zero-order valence-corrected chi connectivity index (χ0v) is 13.2. The summed E-state index contributed by atoms with van der Waals surface area (Å²) in [4.78, 5) is -0.00180. The SMILES string of the molecule is CN(Cc1cnn(C)c1)S(=O)(=O)c1cccc(Cl)c1Cl. The molecule has 5 nitrogen and oxygen atoms in total. The van der Waals surface area contributed by atoms with E-state index < -0.39 is 10.0 Å². The second kappa shape index (κ2) is 5.73. The topological polar surface area (TPSA) is 55.2 Å². The molecule has 0 amide bonds. The molecular formula is C12H13Cl2N3O2S. The van der Waals surface area contributed by atoms with Crippen LogP contribution in [0.15, 0.2) is 35.5 Å². The van der Waals surface area contributed by atoms with Crippen LogP contribution in [0, 0.1) is 0 Å². The van der Waals surface area contributed by atoms with Crippen molar-refractivity contribution in [1.82, 2.24) is 14.1 Å². The maximum absolute atomic E-state index is 12.5. The Bertz CT molecular complexity index is 728. The van der Waals surface area contributed by atoms with Gasteiger partial charge in [-0.15, -0.1) is 0 Å². The molecular weight excluding hydrogens is 321 g/mol. The minimum atomic E-state index is -3.70. The largest absolute Gasteiger partial charge is 0.275 e. The Hall–Kier alpha value is -1.08. The first-order valence-corrected chi connectivity index (χ1v) is 7.90. The molecule has 108 valence electrons. The molecule has 0 saturated carbocycles. The lowest BCUT2D eigenvalue weighted by Gasteiger charge is -2.17. The summed E-state index contributed by atoms with van der Waals surface area (Å²) in [6, 6.07) is 4.53. The highest BCUT2D eigenvalue weighted by Crippen LogP contribution is 2.30. The number of rotatable bonds is 4. The second-order valence-corrected chi connectivity index (χ2v) is 7.13. The number of aromatic nitrogens is 2. The molecule has 0 aliphatic rings. The van der Waals surface area contributed by atoms with Crippen molar-refractivity contribution in [1.29, 1.82) is 0 Å². The van der Waals surface area contributed by atoms with Crippen molar-refractivity contribution in [3.63, 3.8) is 0 Å². The first kappa shape index (κ1) is 15.3.